The first-order valence-corrected chi connectivity index (χ1v) is 11.2. The second-order valence-electron chi connectivity index (χ2n) is 7.73. The van der Waals surface area contributed by atoms with Crippen molar-refractivity contribution in [3.63, 3.8) is 0 Å². The third-order valence-electron chi connectivity index (χ3n) is 5.56. The highest BCUT2D eigenvalue weighted by atomic mass is 32.1. The summed E-state index contributed by atoms with van der Waals surface area (Å²) >= 11 is 1.23. The van der Waals surface area contributed by atoms with Gasteiger partial charge in [-0.05, 0) is 43.0 Å². The SMILES string of the molecule is O=C(O)c1cccc(-c2ncc(C(=O)NCC3CCN(C(=O)c4ccccc4)CC3)s2)c1. The fourth-order valence-corrected chi connectivity index (χ4v) is 4.55. The quantitative estimate of drug-likeness (QED) is 0.596. The number of benzene rings is 2. The average molecular weight is 450 g/mol. The van der Waals surface area contributed by atoms with Gasteiger partial charge in [0.05, 0.1) is 11.8 Å². The molecule has 164 valence electrons. The molecule has 2 aromatic carbocycles. The molecule has 2 amide bonds. The van der Waals surface area contributed by atoms with E-state index in [4.69, 9.17) is 5.11 Å². The van der Waals surface area contributed by atoms with Crippen LogP contribution in [-0.4, -0.2) is 52.4 Å². The summed E-state index contributed by atoms with van der Waals surface area (Å²) in [6.07, 6.45) is 3.20. The topological polar surface area (TPSA) is 99.6 Å². The van der Waals surface area contributed by atoms with Gasteiger partial charge in [0.25, 0.3) is 11.8 Å². The Morgan fingerprint density at radius 1 is 1.03 bits per heavy atom. The summed E-state index contributed by atoms with van der Waals surface area (Å²) in [4.78, 5) is 42.9. The number of aromatic carboxylic acids is 1. The number of carboxylic acid groups (broad SMARTS) is 1. The molecule has 0 atom stereocenters. The Morgan fingerprint density at radius 2 is 1.75 bits per heavy atom. The number of rotatable bonds is 6. The molecule has 0 saturated carbocycles. The van der Waals surface area contributed by atoms with E-state index in [2.05, 4.69) is 10.3 Å². The number of piperidine rings is 1. The van der Waals surface area contributed by atoms with Crippen molar-refractivity contribution in [2.24, 2.45) is 5.92 Å². The number of nitrogens with one attached hydrogen (secondary N) is 1. The van der Waals surface area contributed by atoms with Crippen LogP contribution in [-0.2, 0) is 0 Å². The van der Waals surface area contributed by atoms with Crippen LogP contribution < -0.4 is 5.32 Å². The zero-order valence-electron chi connectivity index (χ0n) is 17.4. The molecule has 2 heterocycles. The van der Waals surface area contributed by atoms with E-state index in [9.17, 15) is 14.4 Å². The van der Waals surface area contributed by atoms with Crippen molar-refractivity contribution >= 4 is 29.1 Å². The zero-order valence-corrected chi connectivity index (χ0v) is 18.2. The molecule has 0 bridgehead atoms. The predicted molar refractivity (Wildman–Crippen MR) is 122 cm³/mol. The van der Waals surface area contributed by atoms with E-state index in [-0.39, 0.29) is 17.4 Å². The Hall–Kier alpha value is -3.52. The number of carboxylic acids is 1. The van der Waals surface area contributed by atoms with Crippen LogP contribution in [0.5, 0.6) is 0 Å². The van der Waals surface area contributed by atoms with Crippen LogP contribution in [0.25, 0.3) is 10.6 Å². The highest BCUT2D eigenvalue weighted by Gasteiger charge is 2.24. The van der Waals surface area contributed by atoms with E-state index in [0.717, 1.165) is 12.8 Å². The van der Waals surface area contributed by atoms with Crippen LogP contribution in [0.1, 0.15) is 43.2 Å². The van der Waals surface area contributed by atoms with Crippen LogP contribution in [0.2, 0.25) is 0 Å². The molecule has 3 aromatic rings. The van der Waals surface area contributed by atoms with Gasteiger partial charge >= 0.3 is 5.97 Å². The van der Waals surface area contributed by atoms with Gasteiger partial charge in [-0.2, -0.15) is 0 Å². The Morgan fingerprint density at radius 3 is 2.47 bits per heavy atom. The Labute approximate surface area is 189 Å². The van der Waals surface area contributed by atoms with Crippen LogP contribution in [0.3, 0.4) is 0 Å². The van der Waals surface area contributed by atoms with Crippen molar-refractivity contribution in [3.8, 4) is 10.6 Å². The summed E-state index contributed by atoms with van der Waals surface area (Å²) in [5, 5.41) is 12.7. The summed E-state index contributed by atoms with van der Waals surface area (Å²) in [5.41, 5.74) is 1.55. The van der Waals surface area contributed by atoms with Crippen molar-refractivity contribution < 1.29 is 19.5 Å². The lowest BCUT2D eigenvalue weighted by Crippen LogP contribution is -2.41. The van der Waals surface area contributed by atoms with Gasteiger partial charge in [0, 0.05) is 30.8 Å². The molecule has 7 nitrogen and oxygen atoms in total. The van der Waals surface area contributed by atoms with E-state index in [1.54, 1.807) is 18.2 Å². The fraction of sp³-hybridized carbons (Fsp3) is 0.250. The van der Waals surface area contributed by atoms with E-state index in [1.165, 1.54) is 23.6 Å². The van der Waals surface area contributed by atoms with E-state index < -0.39 is 5.97 Å². The third-order valence-corrected chi connectivity index (χ3v) is 6.60. The lowest BCUT2D eigenvalue weighted by Gasteiger charge is -2.32. The van der Waals surface area contributed by atoms with E-state index >= 15 is 0 Å². The predicted octanol–water partition coefficient (Wildman–Crippen LogP) is 3.79. The number of thiazole rings is 1. The maximum atomic E-state index is 12.6. The Kier molecular flexibility index (Phi) is 6.61. The normalized spacial score (nSPS) is 14.2. The van der Waals surface area contributed by atoms with Crippen molar-refractivity contribution in [2.75, 3.05) is 19.6 Å². The lowest BCUT2D eigenvalue weighted by atomic mass is 9.96. The Bertz CT molecular complexity index is 1120. The molecular formula is C24H23N3O4S. The molecule has 32 heavy (non-hydrogen) atoms. The smallest absolute Gasteiger partial charge is 0.335 e. The minimum Gasteiger partial charge on any atom is -0.478 e. The van der Waals surface area contributed by atoms with Gasteiger partial charge in [0.1, 0.15) is 9.88 Å². The van der Waals surface area contributed by atoms with E-state index in [1.807, 2.05) is 35.2 Å². The minimum absolute atomic E-state index is 0.0530. The lowest BCUT2D eigenvalue weighted by molar-refractivity contribution is 0.0681. The first kappa shape index (κ1) is 21.7. The molecule has 1 saturated heterocycles. The van der Waals surface area contributed by atoms with Gasteiger partial charge in [-0.25, -0.2) is 9.78 Å². The summed E-state index contributed by atoms with van der Waals surface area (Å²) in [7, 11) is 0. The molecule has 0 radical (unpaired) electrons. The van der Waals surface area contributed by atoms with Gasteiger partial charge in [0.15, 0.2) is 0 Å². The molecule has 0 spiro atoms. The molecule has 1 aliphatic rings. The van der Waals surface area contributed by atoms with Gasteiger partial charge < -0.3 is 15.3 Å². The maximum absolute atomic E-state index is 12.6. The number of nitrogens with zero attached hydrogens (tertiary/aromatic N) is 2. The number of carbonyl (C=O) groups is 3. The number of hydrogen-bond donors (Lipinski definition) is 2. The first-order chi connectivity index (χ1) is 15.5. The summed E-state index contributed by atoms with van der Waals surface area (Å²) < 4.78 is 0. The molecule has 8 heteroatoms. The van der Waals surface area contributed by atoms with Crippen molar-refractivity contribution in [1.29, 1.82) is 0 Å². The molecule has 0 aliphatic carbocycles. The molecule has 2 N–H and O–H groups in total. The number of hydrogen-bond acceptors (Lipinski definition) is 5. The van der Waals surface area contributed by atoms with Crippen molar-refractivity contribution in [3.05, 3.63) is 76.8 Å². The first-order valence-electron chi connectivity index (χ1n) is 10.4. The van der Waals surface area contributed by atoms with Crippen molar-refractivity contribution in [1.82, 2.24) is 15.2 Å². The van der Waals surface area contributed by atoms with Gasteiger partial charge in [-0.15, -0.1) is 11.3 Å². The second-order valence-corrected chi connectivity index (χ2v) is 8.76. The molecule has 0 unspecified atom stereocenters. The van der Waals surface area contributed by atoms with Crippen LogP contribution in [0, 0.1) is 5.92 Å². The molecule has 4 rings (SSSR count). The summed E-state index contributed by atoms with van der Waals surface area (Å²) in [5.74, 6) is -0.820. The standard InChI is InChI=1S/C24H23N3O4S/c28-21(20-15-26-22(32-20)18-7-4-8-19(13-18)24(30)31)25-14-16-9-11-27(12-10-16)23(29)17-5-2-1-3-6-17/h1-8,13,15-16H,9-12,14H2,(H,25,28)(H,30,31). The monoisotopic (exact) mass is 449 g/mol. The summed E-state index contributed by atoms with van der Waals surface area (Å²) in [6, 6.07) is 15.8. The van der Waals surface area contributed by atoms with E-state index in [0.29, 0.717) is 46.6 Å². The van der Waals surface area contributed by atoms with Gasteiger partial charge in [0.2, 0.25) is 0 Å². The third kappa shape index (κ3) is 5.03. The highest BCUT2D eigenvalue weighted by Crippen LogP contribution is 2.26. The largest absolute Gasteiger partial charge is 0.478 e. The van der Waals surface area contributed by atoms with Gasteiger partial charge in [-0.1, -0.05) is 30.3 Å². The van der Waals surface area contributed by atoms with Crippen LogP contribution in [0.15, 0.2) is 60.8 Å². The van der Waals surface area contributed by atoms with Gasteiger partial charge in [-0.3, -0.25) is 9.59 Å². The number of amides is 2. The zero-order chi connectivity index (χ0) is 22.5. The summed E-state index contributed by atoms with van der Waals surface area (Å²) in [6.45, 7) is 1.91. The highest BCUT2D eigenvalue weighted by molar-refractivity contribution is 7.16. The number of likely N-dealkylation sites (tertiary alicyclic amines) is 1. The van der Waals surface area contributed by atoms with Crippen molar-refractivity contribution in [2.45, 2.75) is 12.8 Å². The maximum Gasteiger partial charge on any atom is 0.335 e. The van der Waals surface area contributed by atoms with Crippen LogP contribution >= 0.6 is 11.3 Å². The fourth-order valence-electron chi connectivity index (χ4n) is 3.73. The second kappa shape index (κ2) is 9.74. The molecule has 1 aromatic heterocycles. The molecule has 1 aliphatic heterocycles. The molecular weight excluding hydrogens is 426 g/mol. The average Bonchev–Trinajstić information content (AvgIpc) is 3.34. The molecule has 1 fully saturated rings. The number of aromatic nitrogens is 1. The minimum atomic E-state index is -1.00. The Balaban J connectivity index is 1.28. The number of carbonyl (C=O) groups excluding carboxylic acids is 2. The van der Waals surface area contributed by atoms with Crippen LogP contribution in [0.4, 0.5) is 0 Å².